The molecule has 1 N–H and O–H groups in total. The molecular formula is C13H17FO4S. The summed E-state index contributed by atoms with van der Waals surface area (Å²) in [5, 5.41) is 9.69. The smallest absolute Gasteiger partial charge is 0.153 e. The van der Waals surface area contributed by atoms with Gasteiger partial charge in [0.25, 0.3) is 0 Å². The van der Waals surface area contributed by atoms with Crippen LogP contribution < -0.4 is 4.74 Å². The third-order valence-corrected chi connectivity index (χ3v) is 5.38. The lowest BCUT2D eigenvalue weighted by Crippen LogP contribution is -2.40. The molecule has 1 aromatic carbocycles. The lowest BCUT2D eigenvalue weighted by Gasteiger charge is -2.29. The number of benzene rings is 1. The average molecular weight is 288 g/mol. The van der Waals surface area contributed by atoms with Crippen molar-refractivity contribution in [3.05, 3.63) is 29.6 Å². The van der Waals surface area contributed by atoms with Crippen molar-refractivity contribution < 1.29 is 22.7 Å². The van der Waals surface area contributed by atoms with E-state index in [1.165, 1.54) is 19.2 Å². The highest BCUT2D eigenvalue weighted by Crippen LogP contribution is 2.43. The van der Waals surface area contributed by atoms with Crippen molar-refractivity contribution in [1.82, 2.24) is 0 Å². The Labute approximate surface area is 112 Å². The maximum atomic E-state index is 14.1. The van der Waals surface area contributed by atoms with Crippen LogP contribution in [0, 0.1) is 5.82 Å². The fourth-order valence-electron chi connectivity index (χ4n) is 2.81. The Morgan fingerprint density at radius 2 is 2.16 bits per heavy atom. The van der Waals surface area contributed by atoms with Gasteiger partial charge in [0.1, 0.15) is 17.2 Å². The van der Waals surface area contributed by atoms with Gasteiger partial charge < -0.3 is 9.84 Å². The van der Waals surface area contributed by atoms with Gasteiger partial charge in [0, 0.05) is 17.9 Å². The van der Waals surface area contributed by atoms with E-state index in [0.717, 1.165) is 12.3 Å². The third-order valence-electron chi connectivity index (χ3n) is 3.72. The maximum Gasteiger partial charge on any atom is 0.153 e. The number of aliphatic hydroxyl groups is 1. The van der Waals surface area contributed by atoms with Crippen molar-refractivity contribution in [2.45, 2.75) is 30.1 Å². The van der Waals surface area contributed by atoms with Crippen LogP contribution in [0.1, 0.15) is 24.8 Å². The Hall–Kier alpha value is -1.14. The van der Waals surface area contributed by atoms with E-state index >= 15 is 0 Å². The molecule has 2 unspecified atom stereocenters. The molecule has 0 saturated heterocycles. The van der Waals surface area contributed by atoms with E-state index in [9.17, 15) is 17.9 Å². The van der Waals surface area contributed by atoms with Crippen LogP contribution in [0.5, 0.6) is 5.75 Å². The van der Waals surface area contributed by atoms with Crippen LogP contribution in [0.25, 0.3) is 0 Å². The molecule has 1 saturated carbocycles. The highest BCUT2D eigenvalue weighted by molar-refractivity contribution is 7.91. The maximum absolute atomic E-state index is 14.1. The fourth-order valence-corrected chi connectivity index (χ4v) is 4.35. The second-order valence-corrected chi connectivity index (χ2v) is 7.21. The minimum absolute atomic E-state index is 0.0289. The van der Waals surface area contributed by atoms with Crippen molar-refractivity contribution in [1.29, 1.82) is 0 Å². The minimum Gasteiger partial charge on any atom is -0.497 e. The van der Waals surface area contributed by atoms with E-state index in [1.807, 2.05) is 0 Å². The zero-order valence-corrected chi connectivity index (χ0v) is 11.7. The van der Waals surface area contributed by atoms with E-state index in [1.54, 1.807) is 0 Å². The van der Waals surface area contributed by atoms with Crippen molar-refractivity contribution in [3.63, 3.8) is 0 Å². The van der Waals surface area contributed by atoms with Gasteiger partial charge in [0.05, 0.1) is 12.4 Å². The summed E-state index contributed by atoms with van der Waals surface area (Å²) in [5.74, 6) is -0.309. The first-order chi connectivity index (χ1) is 8.79. The van der Waals surface area contributed by atoms with E-state index in [4.69, 9.17) is 4.74 Å². The fraction of sp³-hybridized carbons (Fsp3) is 0.538. The van der Waals surface area contributed by atoms with Crippen LogP contribution in [0.3, 0.4) is 0 Å². The molecule has 6 heteroatoms. The quantitative estimate of drug-likeness (QED) is 0.918. The van der Waals surface area contributed by atoms with E-state index in [0.29, 0.717) is 18.6 Å². The summed E-state index contributed by atoms with van der Waals surface area (Å²) in [5.41, 5.74) is -1.62. The van der Waals surface area contributed by atoms with Crippen molar-refractivity contribution >= 4 is 9.84 Å². The molecule has 2 atom stereocenters. The van der Waals surface area contributed by atoms with E-state index in [-0.39, 0.29) is 12.0 Å². The Bertz CT molecular complexity index is 584. The van der Waals surface area contributed by atoms with Crippen LogP contribution in [0.2, 0.25) is 0 Å². The summed E-state index contributed by atoms with van der Waals surface area (Å²) >= 11 is 0. The molecule has 1 fully saturated rings. The van der Waals surface area contributed by atoms with Crippen LogP contribution in [0.15, 0.2) is 18.2 Å². The van der Waals surface area contributed by atoms with Gasteiger partial charge in [-0.3, -0.25) is 0 Å². The predicted octanol–water partition coefficient (Wildman–Crippen LogP) is 1.62. The van der Waals surface area contributed by atoms with Gasteiger partial charge in [-0.1, -0.05) is 0 Å². The molecule has 1 aliphatic rings. The summed E-state index contributed by atoms with van der Waals surface area (Å²) in [6, 6.07) is 4.08. The van der Waals surface area contributed by atoms with E-state index < -0.39 is 26.5 Å². The molecule has 0 radical (unpaired) electrons. The van der Waals surface area contributed by atoms with Crippen LogP contribution >= 0.6 is 0 Å². The third kappa shape index (κ3) is 2.47. The molecule has 0 aromatic heterocycles. The number of hydrogen-bond donors (Lipinski definition) is 1. The Balaban J connectivity index is 2.50. The second kappa shape index (κ2) is 4.76. The molecule has 0 aliphatic heterocycles. The van der Waals surface area contributed by atoms with Crippen LogP contribution in [-0.4, -0.2) is 32.1 Å². The van der Waals surface area contributed by atoms with Gasteiger partial charge in [0.2, 0.25) is 0 Å². The second-order valence-electron chi connectivity index (χ2n) is 4.98. The molecule has 19 heavy (non-hydrogen) atoms. The lowest BCUT2D eigenvalue weighted by atomic mass is 9.91. The highest BCUT2D eigenvalue weighted by Gasteiger charge is 2.49. The van der Waals surface area contributed by atoms with Gasteiger partial charge in [0.15, 0.2) is 9.84 Å². The van der Waals surface area contributed by atoms with Gasteiger partial charge >= 0.3 is 0 Å². The van der Waals surface area contributed by atoms with E-state index in [2.05, 4.69) is 0 Å². The zero-order valence-electron chi connectivity index (χ0n) is 10.9. The molecular weight excluding hydrogens is 271 g/mol. The molecule has 0 heterocycles. The molecule has 0 amide bonds. The Morgan fingerprint density at radius 1 is 1.47 bits per heavy atom. The van der Waals surface area contributed by atoms with Crippen LogP contribution in [-0.2, 0) is 15.4 Å². The summed E-state index contributed by atoms with van der Waals surface area (Å²) in [4.78, 5) is 0. The van der Waals surface area contributed by atoms with Gasteiger partial charge in [-0.25, -0.2) is 12.8 Å². The standard InChI is InChI=1S/C13H17FO4S/c1-18-9-5-6-10(11(14)8-9)13(15)7-3-4-12(13)19(2,16)17/h5-6,8,12,15H,3-4,7H2,1-2H3. The summed E-state index contributed by atoms with van der Waals surface area (Å²) in [6.07, 6.45) is 2.23. The Morgan fingerprint density at radius 3 is 2.68 bits per heavy atom. The van der Waals surface area contributed by atoms with Gasteiger partial charge in [-0.2, -0.15) is 0 Å². The van der Waals surface area contributed by atoms with Gasteiger partial charge in [-0.15, -0.1) is 0 Å². The monoisotopic (exact) mass is 288 g/mol. The predicted molar refractivity (Wildman–Crippen MR) is 69.3 cm³/mol. The number of ether oxygens (including phenoxy) is 1. The largest absolute Gasteiger partial charge is 0.497 e. The van der Waals surface area contributed by atoms with Crippen molar-refractivity contribution in [3.8, 4) is 5.75 Å². The van der Waals surface area contributed by atoms with Crippen molar-refractivity contribution in [2.75, 3.05) is 13.4 Å². The average Bonchev–Trinajstić information content (AvgIpc) is 2.71. The first-order valence-corrected chi connectivity index (χ1v) is 8.00. The lowest BCUT2D eigenvalue weighted by molar-refractivity contribution is 0.0439. The normalized spacial score (nSPS) is 27.5. The SMILES string of the molecule is COc1ccc(C2(O)CCCC2S(C)(=O)=O)c(F)c1. The minimum atomic E-state index is -3.44. The number of halogens is 1. The molecule has 2 rings (SSSR count). The van der Waals surface area contributed by atoms with Gasteiger partial charge in [-0.05, 0) is 31.4 Å². The molecule has 1 aliphatic carbocycles. The first kappa shape index (κ1) is 14.3. The molecule has 106 valence electrons. The highest BCUT2D eigenvalue weighted by atomic mass is 32.2. The molecule has 4 nitrogen and oxygen atoms in total. The summed E-state index contributed by atoms with van der Waals surface area (Å²) in [7, 11) is -2.02. The first-order valence-electron chi connectivity index (χ1n) is 6.04. The summed E-state index contributed by atoms with van der Waals surface area (Å²) < 4.78 is 42.5. The molecule has 1 aromatic rings. The number of methoxy groups -OCH3 is 1. The number of rotatable bonds is 3. The number of hydrogen-bond acceptors (Lipinski definition) is 4. The number of sulfone groups is 1. The molecule has 0 spiro atoms. The van der Waals surface area contributed by atoms with Crippen LogP contribution in [0.4, 0.5) is 4.39 Å². The topological polar surface area (TPSA) is 63.6 Å². The molecule has 0 bridgehead atoms. The summed E-state index contributed by atoms with van der Waals surface area (Å²) in [6.45, 7) is 0. The zero-order chi connectivity index (χ0) is 14.3. The van der Waals surface area contributed by atoms with Crippen molar-refractivity contribution in [2.24, 2.45) is 0 Å². The Kier molecular flexibility index (Phi) is 3.57.